The first-order chi connectivity index (χ1) is 19.2. The van der Waals surface area contributed by atoms with Gasteiger partial charge < -0.3 is 5.32 Å². The van der Waals surface area contributed by atoms with E-state index in [0.29, 0.717) is 26.3 Å². The van der Waals surface area contributed by atoms with Crippen LogP contribution in [0.15, 0.2) is 82.6 Å². The summed E-state index contributed by atoms with van der Waals surface area (Å²) in [6.07, 6.45) is 0. The number of hydrogen-bond donors (Lipinski definition) is 1. The lowest BCUT2D eigenvalue weighted by atomic mass is 9.83. The lowest BCUT2D eigenvalue weighted by Crippen LogP contribution is -2.33. The largest absolute Gasteiger partial charge is 0.325 e. The molecule has 0 saturated carbocycles. The number of aryl methyl sites for hydroxylation is 2. The van der Waals surface area contributed by atoms with Gasteiger partial charge in [-0.3, -0.25) is 23.7 Å². The van der Waals surface area contributed by atoms with Crippen molar-refractivity contribution in [2.75, 3.05) is 10.2 Å². The van der Waals surface area contributed by atoms with Gasteiger partial charge in [0, 0.05) is 21.5 Å². The molecule has 10 heteroatoms. The molecule has 3 heterocycles. The first kappa shape index (κ1) is 26.6. The second-order valence-corrected chi connectivity index (χ2v) is 12.5. The average Bonchev–Trinajstić information content (AvgIpc) is 3.36. The molecule has 2 unspecified atom stereocenters. The maximum atomic E-state index is 13.9. The molecule has 1 N–H and O–H groups in total. The number of benzene rings is 3. The van der Waals surface area contributed by atoms with Gasteiger partial charge in [-0.2, -0.15) is 0 Å². The molecule has 1 aromatic heterocycles. The van der Waals surface area contributed by atoms with E-state index in [-0.39, 0.29) is 29.1 Å². The summed E-state index contributed by atoms with van der Waals surface area (Å²) in [4.78, 5) is 55.6. The zero-order chi connectivity index (χ0) is 28.1. The maximum absolute atomic E-state index is 13.9. The van der Waals surface area contributed by atoms with E-state index in [0.717, 1.165) is 28.0 Å². The number of nitrogens with zero attached hydrogens (tertiary/aromatic N) is 2. The number of halogens is 1. The van der Waals surface area contributed by atoms with Crippen LogP contribution in [0.1, 0.15) is 27.5 Å². The molecule has 202 valence electrons. The van der Waals surface area contributed by atoms with Crippen LogP contribution in [-0.2, 0) is 20.9 Å². The highest BCUT2D eigenvalue weighted by molar-refractivity contribution is 8.00. The monoisotopic (exact) mass is 589 g/mol. The van der Waals surface area contributed by atoms with Crippen LogP contribution in [-0.4, -0.2) is 27.5 Å². The van der Waals surface area contributed by atoms with Crippen LogP contribution in [0.4, 0.5) is 11.4 Å². The third kappa shape index (κ3) is 4.68. The van der Waals surface area contributed by atoms with Gasteiger partial charge in [-0.15, -0.1) is 0 Å². The Labute approximate surface area is 243 Å². The summed E-state index contributed by atoms with van der Waals surface area (Å²) in [5.41, 5.74) is 3.95. The van der Waals surface area contributed by atoms with E-state index < -0.39 is 17.1 Å². The third-order valence-corrected chi connectivity index (χ3v) is 10.0. The molecule has 0 aliphatic carbocycles. The van der Waals surface area contributed by atoms with Crippen LogP contribution in [0.25, 0.3) is 0 Å². The minimum atomic E-state index is -0.748. The summed E-state index contributed by atoms with van der Waals surface area (Å²) >= 11 is 8.38. The molecule has 40 heavy (non-hydrogen) atoms. The van der Waals surface area contributed by atoms with E-state index in [1.165, 1.54) is 21.2 Å². The van der Waals surface area contributed by atoms with Gasteiger partial charge in [-0.1, -0.05) is 76.7 Å². The zero-order valence-corrected chi connectivity index (χ0v) is 24.0. The molecular formula is C30H24ClN3O4S2. The number of amides is 3. The lowest BCUT2D eigenvalue weighted by molar-refractivity contribution is -0.122. The molecule has 7 nitrogen and oxygen atoms in total. The minimum absolute atomic E-state index is 0.208. The summed E-state index contributed by atoms with van der Waals surface area (Å²) < 4.78 is 1.42. The predicted molar refractivity (Wildman–Crippen MR) is 158 cm³/mol. The highest BCUT2D eigenvalue weighted by Gasteiger charge is 2.56. The van der Waals surface area contributed by atoms with E-state index in [1.54, 1.807) is 30.3 Å². The first-order valence-electron chi connectivity index (χ1n) is 12.7. The second-order valence-electron chi connectivity index (χ2n) is 9.98. The molecule has 3 atom stereocenters. The summed E-state index contributed by atoms with van der Waals surface area (Å²) in [5, 5.41) is 3.19. The van der Waals surface area contributed by atoms with Gasteiger partial charge in [-0.25, -0.2) is 4.90 Å². The number of thiazole rings is 1. The summed E-state index contributed by atoms with van der Waals surface area (Å²) in [6, 6.07) is 21.8. The van der Waals surface area contributed by atoms with Crippen LogP contribution >= 0.6 is 34.7 Å². The molecule has 4 aromatic rings. The second kappa shape index (κ2) is 10.4. The average molecular weight is 590 g/mol. The Morgan fingerprint density at radius 3 is 2.35 bits per heavy atom. The number of carbonyl (C=O) groups excluding carboxylic acids is 3. The number of thioether (sulfide) groups is 1. The van der Waals surface area contributed by atoms with Gasteiger partial charge in [0.1, 0.15) is 11.8 Å². The lowest BCUT2D eigenvalue weighted by Gasteiger charge is -2.30. The van der Waals surface area contributed by atoms with Crippen LogP contribution in [0.5, 0.6) is 0 Å². The molecule has 6 rings (SSSR count). The number of fused-ring (bicyclic) bond motifs is 2. The number of nitrogens with one attached hydrogen (secondary N) is 1. The molecule has 3 aromatic carbocycles. The molecule has 2 aliphatic heterocycles. The van der Waals surface area contributed by atoms with Crippen LogP contribution in [0.2, 0.25) is 5.02 Å². The van der Waals surface area contributed by atoms with Gasteiger partial charge in [0.25, 0.3) is 0 Å². The van der Waals surface area contributed by atoms with Gasteiger partial charge in [-0.05, 0) is 61.4 Å². The Balaban J connectivity index is 1.41. The van der Waals surface area contributed by atoms with Crippen molar-refractivity contribution >= 4 is 63.8 Å². The number of hydrogen-bond acceptors (Lipinski definition) is 6. The molecule has 3 amide bonds. The molecule has 1 saturated heterocycles. The van der Waals surface area contributed by atoms with E-state index in [9.17, 15) is 19.2 Å². The smallest absolute Gasteiger partial charge is 0.308 e. The molecule has 1 fully saturated rings. The Hall–Kier alpha value is -3.66. The fraction of sp³-hybridized carbons (Fsp3) is 0.200. The van der Waals surface area contributed by atoms with E-state index >= 15 is 0 Å². The van der Waals surface area contributed by atoms with Crippen LogP contribution in [0.3, 0.4) is 0 Å². The SMILES string of the molecule is Cc1ccc(N2C(=O)C3Sc4c(sc(=O)n4CC(=O)Nc4cccc(C)c4)[C@H](c4ccc(Cl)cc4)C3C2=O)cc1. The number of aromatic nitrogens is 1. The van der Waals surface area contributed by atoms with Crippen molar-refractivity contribution in [2.45, 2.75) is 36.6 Å². The Bertz CT molecular complexity index is 1710. The van der Waals surface area contributed by atoms with Crippen molar-refractivity contribution in [1.29, 1.82) is 0 Å². The van der Waals surface area contributed by atoms with Crippen LogP contribution < -0.4 is 15.1 Å². The summed E-state index contributed by atoms with van der Waals surface area (Å²) in [7, 11) is 0. The van der Waals surface area contributed by atoms with Crippen molar-refractivity contribution in [3.8, 4) is 0 Å². The summed E-state index contributed by atoms with van der Waals surface area (Å²) in [6.45, 7) is 3.66. The fourth-order valence-corrected chi connectivity index (χ4v) is 8.20. The van der Waals surface area contributed by atoms with E-state index in [1.807, 2.05) is 56.3 Å². The predicted octanol–water partition coefficient (Wildman–Crippen LogP) is 5.61. The Kier molecular flexibility index (Phi) is 6.90. The van der Waals surface area contributed by atoms with Crippen molar-refractivity contribution < 1.29 is 14.4 Å². The molecule has 2 aliphatic rings. The molecule has 0 bridgehead atoms. The fourth-order valence-electron chi connectivity index (χ4n) is 5.30. The third-order valence-electron chi connectivity index (χ3n) is 7.17. The molecular weight excluding hydrogens is 566 g/mol. The van der Waals surface area contributed by atoms with E-state index in [2.05, 4.69) is 5.32 Å². The van der Waals surface area contributed by atoms with Crippen molar-refractivity contribution in [3.63, 3.8) is 0 Å². The van der Waals surface area contributed by atoms with E-state index in [4.69, 9.17) is 11.6 Å². The maximum Gasteiger partial charge on any atom is 0.308 e. The number of carbonyl (C=O) groups is 3. The standard InChI is InChI=1S/C30H24ClN3O4S2/c1-16-6-12-21(13-7-16)34-27(36)24-23(18-8-10-19(31)11-9-18)26-29(39-25(24)28(34)37)33(30(38)40-26)15-22(35)32-20-5-3-4-17(2)14-20/h3-14,23-25H,15H2,1-2H3,(H,32,35)/t23-,24?,25?/m1/s1. The van der Waals surface area contributed by atoms with Crippen LogP contribution in [0, 0.1) is 19.8 Å². The highest BCUT2D eigenvalue weighted by atomic mass is 35.5. The zero-order valence-electron chi connectivity index (χ0n) is 21.6. The topological polar surface area (TPSA) is 88.5 Å². The van der Waals surface area contributed by atoms with Crippen molar-refractivity contribution in [2.24, 2.45) is 5.92 Å². The summed E-state index contributed by atoms with van der Waals surface area (Å²) in [5.74, 6) is -2.23. The Morgan fingerprint density at radius 1 is 0.925 bits per heavy atom. The van der Waals surface area contributed by atoms with Gasteiger partial charge in [0.2, 0.25) is 17.7 Å². The molecule has 0 radical (unpaired) electrons. The first-order valence-corrected chi connectivity index (χ1v) is 14.8. The van der Waals surface area contributed by atoms with Gasteiger partial charge in [0.05, 0.1) is 16.6 Å². The number of anilines is 2. The highest BCUT2D eigenvalue weighted by Crippen LogP contribution is 2.53. The van der Waals surface area contributed by atoms with Gasteiger partial charge in [0.15, 0.2) is 0 Å². The minimum Gasteiger partial charge on any atom is -0.325 e. The quantitative estimate of drug-likeness (QED) is 0.306. The van der Waals surface area contributed by atoms with Crippen molar-refractivity contribution in [1.82, 2.24) is 4.57 Å². The normalized spacial score (nSPS) is 19.9. The number of imide groups is 1. The molecule has 0 spiro atoms. The Morgan fingerprint density at radius 2 is 1.65 bits per heavy atom. The van der Waals surface area contributed by atoms with Crippen molar-refractivity contribution in [3.05, 3.63) is 109 Å². The van der Waals surface area contributed by atoms with Gasteiger partial charge >= 0.3 is 4.87 Å². The number of rotatable bonds is 5.